The third-order valence-electron chi connectivity index (χ3n) is 3.96. The van der Waals surface area contributed by atoms with E-state index in [9.17, 15) is 9.59 Å². The van der Waals surface area contributed by atoms with Crippen molar-refractivity contribution in [3.05, 3.63) is 75.4 Å². The van der Waals surface area contributed by atoms with E-state index in [1.165, 1.54) is 0 Å². The second kappa shape index (κ2) is 7.85. The van der Waals surface area contributed by atoms with Gasteiger partial charge in [-0.15, -0.1) is 0 Å². The van der Waals surface area contributed by atoms with Crippen molar-refractivity contribution < 1.29 is 9.59 Å². The van der Waals surface area contributed by atoms with Gasteiger partial charge in [-0.2, -0.15) is 0 Å². The molecule has 0 aliphatic carbocycles. The minimum Gasteiger partial charge on any atom is -0.368 e. The zero-order valence-electron chi connectivity index (χ0n) is 13.6. The fraction of sp³-hybridized carbons (Fsp3) is 0.105. The van der Waals surface area contributed by atoms with Crippen molar-refractivity contribution in [3.8, 4) is 0 Å². The van der Waals surface area contributed by atoms with Gasteiger partial charge in [-0.1, -0.05) is 45.7 Å². The molecule has 132 valence electrons. The molecule has 26 heavy (non-hydrogen) atoms. The lowest BCUT2D eigenvalue weighted by atomic mass is 10.0. The molecule has 7 heteroatoms. The van der Waals surface area contributed by atoms with Crippen LogP contribution in [0.5, 0.6) is 0 Å². The fourth-order valence-electron chi connectivity index (χ4n) is 2.67. The number of primary amides is 1. The quantitative estimate of drug-likeness (QED) is 0.647. The van der Waals surface area contributed by atoms with E-state index in [0.29, 0.717) is 16.1 Å². The lowest BCUT2D eigenvalue weighted by molar-refractivity contribution is -0.119. The Morgan fingerprint density at radius 1 is 1.19 bits per heavy atom. The summed E-state index contributed by atoms with van der Waals surface area (Å²) in [5, 5.41) is 4.08. The average molecular weight is 433 g/mol. The number of nitrogens with one attached hydrogen (secondary N) is 1. The molecule has 0 saturated carbocycles. The largest absolute Gasteiger partial charge is 0.368 e. The Morgan fingerprint density at radius 3 is 2.73 bits per heavy atom. The van der Waals surface area contributed by atoms with Gasteiger partial charge in [0.1, 0.15) is 6.04 Å². The van der Waals surface area contributed by atoms with Crippen molar-refractivity contribution in [1.29, 1.82) is 0 Å². The van der Waals surface area contributed by atoms with E-state index in [1.807, 2.05) is 12.1 Å². The summed E-state index contributed by atoms with van der Waals surface area (Å²) >= 11 is 9.43. The zero-order valence-corrected chi connectivity index (χ0v) is 15.9. The van der Waals surface area contributed by atoms with Crippen LogP contribution in [0.1, 0.15) is 15.9 Å². The zero-order chi connectivity index (χ0) is 18.7. The van der Waals surface area contributed by atoms with E-state index < -0.39 is 17.9 Å². The molecule has 0 radical (unpaired) electrons. The van der Waals surface area contributed by atoms with Crippen LogP contribution in [-0.4, -0.2) is 22.8 Å². The molecule has 0 bridgehead atoms. The standard InChI is InChI=1S/C19H15BrClN3O2/c20-15-7-6-13(21)9-12(15)10-16(18(22)25)24-19(26)14-5-1-3-11-4-2-8-23-17(11)14/h1-9,16H,10H2,(H2,22,25)(H,24,26)/t16-/m0/s1. The maximum absolute atomic E-state index is 12.7. The summed E-state index contributed by atoms with van der Waals surface area (Å²) in [6, 6.07) is 13.3. The van der Waals surface area contributed by atoms with Crippen LogP contribution in [0, 0.1) is 0 Å². The number of nitrogens with zero attached hydrogens (tertiary/aromatic N) is 1. The number of amides is 2. The van der Waals surface area contributed by atoms with Crippen molar-refractivity contribution in [2.24, 2.45) is 5.73 Å². The third kappa shape index (κ3) is 4.03. The lowest BCUT2D eigenvalue weighted by Crippen LogP contribution is -2.46. The monoisotopic (exact) mass is 431 g/mol. The van der Waals surface area contributed by atoms with Gasteiger partial charge >= 0.3 is 0 Å². The molecule has 1 atom stereocenters. The molecule has 2 amide bonds. The van der Waals surface area contributed by atoms with Gasteiger partial charge in [-0.3, -0.25) is 14.6 Å². The van der Waals surface area contributed by atoms with Crippen LogP contribution in [0.3, 0.4) is 0 Å². The maximum Gasteiger partial charge on any atom is 0.254 e. The molecule has 1 aromatic heterocycles. The molecule has 0 unspecified atom stereocenters. The summed E-state index contributed by atoms with van der Waals surface area (Å²) < 4.78 is 0.786. The van der Waals surface area contributed by atoms with Crippen molar-refractivity contribution >= 4 is 50.2 Å². The van der Waals surface area contributed by atoms with Crippen LogP contribution in [-0.2, 0) is 11.2 Å². The molecule has 0 fully saturated rings. The first-order valence-corrected chi connectivity index (χ1v) is 9.00. The predicted octanol–water partition coefficient (Wildman–Crippen LogP) is 3.48. The normalized spacial score (nSPS) is 11.9. The molecule has 3 rings (SSSR count). The topological polar surface area (TPSA) is 85.1 Å². The maximum atomic E-state index is 12.7. The van der Waals surface area contributed by atoms with Gasteiger partial charge in [0.05, 0.1) is 11.1 Å². The van der Waals surface area contributed by atoms with E-state index in [-0.39, 0.29) is 6.42 Å². The van der Waals surface area contributed by atoms with Gasteiger partial charge < -0.3 is 11.1 Å². The van der Waals surface area contributed by atoms with Crippen molar-refractivity contribution in [1.82, 2.24) is 10.3 Å². The number of benzene rings is 2. The smallest absolute Gasteiger partial charge is 0.254 e. The Hall–Kier alpha value is -2.44. The summed E-state index contributed by atoms with van der Waals surface area (Å²) in [5.41, 5.74) is 7.23. The summed E-state index contributed by atoms with van der Waals surface area (Å²) in [4.78, 5) is 28.9. The van der Waals surface area contributed by atoms with Gasteiger partial charge in [0.15, 0.2) is 0 Å². The number of rotatable bonds is 5. The average Bonchev–Trinajstić information content (AvgIpc) is 2.63. The number of fused-ring (bicyclic) bond motifs is 1. The lowest BCUT2D eigenvalue weighted by Gasteiger charge is -2.17. The van der Waals surface area contributed by atoms with Crippen molar-refractivity contribution in [2.45, 2.75) is 12.5 Å². The van der Waals surface area contributed by atoms with Gasteiger partial charge in [0, 0.05) is 27.5 Å². The second-order valence-corrected chi connectivity index (χ2v) is 7.04. The van der Waals surface area contributed by atoms with Crippen molar-refractivity contribution in [2.75, 3.05) is 0 Å². The Bertz CT molecular complexity index is 988. The molecular formula is C19H15BrClN3O2. The fourth-order valence-corrected chi connectivity index (χ4v) is 3.27. The van der Waals surface area contributed by atoms with Crippen LogP contribution < -0.4 is 11.1 Å². The van der Waals surface area contributed by atoms with Crippen LogP contribution in [0.15, 0.2) is 59.2 Å². The third-order valence-corrected chi connectivity index (χ3v) is 4.97. The SMILES string of the molecule is NC(=O)[C@H](Cc1cc(Cl)ccc1Br)NC(=O)c1cccc2cccnc12. The number of hydrogen-bond acceptors (Lipinski definition) is 3. The first-order valence-electron chi connectivity index (χ1n) is 7.83. The molecule has 0 saturated heterocycles. The summed E-state index contributed by atoms with van der Waals surface area (Å²) in [6.07, 6.45) is 1.84. The number of carbonyl (C=O) groups excluding carboxylic acids is 2. The van der Waals surface area contributed by atoms with E-state index in [2.05, 4.69) is 26.2 Å². The highest BCUT2D eigenvalue weighted by atomic mass is 79.9. The highest BCUT2D eigenvalue weighted by Crippen LogP contribution is 2.23. The van der Waals surface area contributed by atoms with Crippen LogP contribution in [0.2, 0.25) is 5.02 Å². The van der Waals surface area contributed by atoms with Gasteiger partial charge in [0.2, 0.25) is 5.91 Å². The summed E-state index contributed by atoms with van der Waals surface area (Å²) in [5.74, 6) is -1.03. The van der Waals surface area contributed by atoms with Gasteiger partial charge in [-0.05, 0) is 35.9 Å². The minimum absolute atomic E-state index is 0.223. The second-order valence-electron chi connectivity index (χ2n) is 5.75. The number of halogens is 2. The summed E-state index contributed by atoms with van der Waals surface area (Å²) in [6.45, 7) is 0. The van der Waals surface area contributed by atoms with Gasteiger partial charge in [-0.25, -0.2) is 0 Å². The van der Waals surface area contributed by atoms with Crippen LogP contribution in [0.4, 0.5) is 0 Å². The number of pyridine rings is 1. The molecule has 0 spiro atoms. The molecule has 0 aliphatic heterocycles. The highest BCUT2D eigenvalue weighted by molar-refractivity contribution is 9.10. The Morgan fingerprint density at radius 2 is 1.96 bits per heavy atom. The molecule has 2 aromatic carbocycles. The minimum atomic E-state index is -0.878. The van der Waals surface area contributed by atoms with E-state index in [0.717, 1.165) is 15.4 Å². The molecule has 5 nitrogen and oxygen atoms in total. The predicted molar refractivity (Wildman–Crippen MR) is 105 cm³/mol. The van der Waals surface area contributed by atoms with E-state index in [4.69, 9.17) is 17.3 Å². The summed E-state index contributed by atoms with van der Waals surface area (Å²) in [7, 11) is 0. The van der Waals surface area contributed by atoms with Crippen LogP contribution >= 0.6 is 27.5 Å². The molecule has 0 aliphatic rings. The number of aromatic nitrogens is 1. The molecule has 3 N–H and O–H groups in total. The van der Waals surface area contributed by atoms with Gasteiger partial charge in [0.25, 0.3) is 5.91 Å². The number of carbonyl (C=O) groups is 2. The first-order chi connectivity index (χ1) is 12.5. The first kappa shape index (κ1) is 18.4. The van der Waals surface area contributed by atoms with Crippen LogP contribution in [0.25, 0.3) is 10.9 Å². The molecule has 1 heterocycles. The van der Waals surface area contributed by atoms with Crippen molar-refractivity contribution in [3.63, 3.8) is 0 Å². The Kier molecular flexibility index (Phi) is 5.54. The van der Waals surface area contributed by atoms with E-state index in [1.54, 1.807) is 42.6 Å². The number of para-hydroxylation sites is 1. The number of hydrogen-bond donors (Lipinski definition) is 2. The highest BCUT2D eigenvalue weighted by Gasteiger charge is 2.22. The molecular weight excluding hydrogens is 418 g/mol. The number of nitrogens with two attached hydrogens (primary N) is 1. The van der Waals surface area contributed by atoms with E-state index >= 15 is 0 Å². The Labute approximate surface area is 163 Å². The molecule has 3 aromatic rings. The Balaban J connectivity index is 1.87.